The van der Waals surface area contributed by atoms with Gasteiger partial charge in [0.2, 0.25) is 0 Å². The molecule has 0 aliphatic rings. The first-order valence-electron chi connectivity index (χ1n) is 22.5. The summed E-state index contributed by atoms with van der Waals surface area (Å²) in [7, 11) is 5.14. The number of nitrogens with zero attached hydrogens (tertiary/aromatic N) is 3. The predicted molar refractivity (Wildman–Crippen MR) is 278 cm³/mol. The maximum Gasteiger partial charge on any atom is 0.317 e. The van der Waals surface area contributed by atoms with E-state index >= 15 is 0 Å². The van der Waals surface area contributed by atoms with E-state index in [0.29, 0.717) is 30.8 Å². The molecule has 13 heteroatoms. The molecule has 0 spiro atoms. The van der Waals surface area contributed by atoms with Crippen LogP contribution in [0, 0.1) is 58.8 Å². The average Bonchev–Trinajstić information content (AvgIpc) is 3.36. The highest BCUT2D eigenvalue weighted by Gasteiger charge is 2.08. The minimum Gasteiger partial charge on any atom is -0.480 e. The molecule has 73 heavy (non-hydrogen) atoms. The number of rotatable bonds is 15. The van der Waals surface area contributed by atoms with Crippen LogP contribution in [-0.2, 0) is 14.4 Å². The summed E-state index contributed by atoms with van der Waals surface area (Å²) >= 11 is 0. The number of carboxylic acids is 3. The van der Waals surface area contributed by atoms with E-state index in [1.807, 2.05) is 103 Å². The number of allylic oxidation sites excluding steroid dienone is 3. The summed E-state index contributed by atoms with van der Waals surface area (Å²) in [6.07, 6.45) is 5.54. The van der Waals surface area contributed by atoms with Crippen LogP contribution in [0.25, 0.3) is 16.7 Å². The zero-order valence-electron chi connectivity index (χ0n) is 40.4. The molecule has 3 N–H and O–H groups in total. The molecular weight excluding hydrogens is 935 g/mol. The fraction of sp³-hybridized carbons (Fsp3) is 0.150. The van der Waals surface area contributed by atoms with Crippen LogP contribution in [0.15, 0.2) is 176 Å². The van der Waals surface area contributed by atoms with Gasteiger partial charge in [0.25, 0.3) is 0 Å². The third-order valence-corrected chi connectivity index (χ3v) is 9.95. The number of carboxylic acid groups (broad SMARTS) is 3. The third-order valence-electron chi connectivity index (χ3n) is 9.95. The van der Waals surface area contributed by atoms with Gasteiger partial charge in [-0.3, -0.25) is 29.1 Å². The minimum absolute atomic E-state index is 0.0377. The van der Waals surface area contributed by atoms with Crippen molar-refractivity contribution in [2.75, 3.05) is 60.4 Å². The molecule has 0 atom stereocenters. The Hall–Kier alpha value is -8.77. The average molecular weight is 988 g/mol. The van der Waals surface area contributed by atoms with E-state index in [-0.39, 0.29) is 36.8 Å². The number of benzene rings is 6. The van der Waals surface area contributed by atoms with Crippen molar-refractivity contribution in [1.82, 2.24) is 14.7 Å². The monoisotopic (exact) mass is 987 g/mol. The smallest absolute Gasteiger partial charge is 0.317 e. The van der Waals surface area contributed by atoms with Crippen molar-refractivity contribution >= 4 is 34.6 Å². The van der Waals surface area contributed by atoms with E-state index in [0.717, 1.165) is 45.5 Å². The lowest BCUT2D eigenvalue weighted by atomic mass is 10.1. The van der Waals surface area contributed by atoms with Crippen molar-refractivity contribution in [3.63, 3.8) is 0 Å². The summed E-state index contributed by atoms with van der Waals surface area (Å²) in [4.78, 5) is 37.2. The summed E-state index contributed by atoms with van der Waals surface area (Å²) < 4.78 is 53.4. The first-order chi connectivity index (χ1) is 35.1. The molecule has 6 aromatic rings. The molecule has 0 unspecified atom stereocenters. The van der Waals surface area contributed by atoms with Gasteiger partial charge >= 0.3 is 17.9 Å². The summed E-state index contributed by atoms with van der Waals surface area (Å²) in [5.74, 6) is 12.9. The Morgan fingerprint density at radius 3 is 1.14 bits per heavy atom. The second-order valence-electron chi connectivity index (χ2n) is 16.1. The van der Waals surface area contributed by atoms with E-state index in [2.05, 4.69) is 35.5 Å². The van der Waals surface area contributed by atoms with Crippen LogP contribution in [0.1, 0.15) is 33.4 Å². The molecule has 0 saturated carbocycles. The van der Waals surface area contributed by atoms with Gasteiger partial charge in [0, 0.05) is 48.0 Å². The van der Waals surface area contributed by atoms with Crippen LogP contribution >= 0.6 is 0 Å². The Morgan fingerprint density at radius 2 is 0.767 bits per heavy atom. The van der Waals surface area contributed by atoms with Gasteiger partial charge in [-0.1, -0.05) is 157 Å². The topological polar surface area (TPSA) is 122 Å². The number of aliphatic carboxylic acids is 3. The summed E-state index contributed by atoms with van der Waals surface area (Å²) in [6, 6.07) is 44.1. The molecule has 0 aliphatic heterocycles. The maximum atomic E-state index is 13.7. The van der Waals surface area contributed by atoms with E-state index in [4.69, 9.17) is 15.3 Å². The van der Waals surface area contributed by atoms with Gasteiger partial charge in [0.05, 0.1) is 30.8 Å². The Bertz CT molecular complexity index is 3060. The fourth-order valence-corrected chi connectivity index (χ4v) is 6.30. The van der Waals surface area contributed by atoms with Crippen LogP contribution in [0.4, 0.5) is 17.6 Å². The van der Waals surface area contributed by atoms with Crippen molar-refractivity contribution in [1.29, 1.82) is 0 Å². The summed E-state index contributed by atoms with van der Waals surface area (Å²) in [5.41, 5.74) is 6.02. The molecule has 0 radical (unpaired) electrons. The highest BCUT2D eigenvalue weighted by molar-refractivity contribution is 5.81. The Morgan fingerprint density at radius 1 is 0.425 bits per heavy atom. The van der Waals surface area contributed by atoms with Crippen LogP contribution in [-0.4, -0.2) is 108 Å². The first-order valence-corrected chi connectivity index (χ1v) is 22.5. The van der Waals surface area contributed by atoms with Crippen molar-refractivity contribution in [3.8, 4) is 35.5 Å². The van der Waals surface area contributed by atoms with Crippen molar-refractivity contribution in [3.05, 3.63) is 233 Å². The second-order valence-corrected chi connectivity index (χ2v) is 16.1. The standard InChI is InChI=1S/C20H17F2NO2.2C20H18FNO2/c1-23(14-20(24)25)12-11-16(15-5-3-2-4-6-15)7-8-17-9-10-18(21)13-19(17)22;1-22(15-20(23)24)14-13-17(16-7-3-2-4-8-16)11-12-18-9-5-6-10-19(18)21;1-22(15-20(23)24)14-13-18(17-5-3-2-4-6-17)10-7-16-8-11-19(21)12-9-16/h2-6,9-11,13H,12,14H2,1H3,(H,24,25);2-10,13H,14-15H2,1H3,(H,23,24);2-6,8-9,11-13H,14-15H2,1H3,(H,23,24). The molecule has 0 aliphatic carbocycles. The zero-order valence-corrected chi connectivity index (χ0v) is 40.4. The second kappa shape index (κ2) is 30.8. The number of likely N-dealkylation sites (N-methyl/N-ethyl adjacent to an activating group) is 3. The first kappa shape index (κ1) is 56.8. The molecule has 0 heterocycles. The van der Waals surface area contributed by atoms with Crippen LogP contribution in [0.3, 0.4) is 0 Å². The quantitative estimate of drug-likeness (QED) is 0.0682. The molecular formula is C60H53F4N3O6. The molecule has 9 nitrogen and oxygen atoms in total. The van der Waals surface area contributed by atoms with Gasteiger partial charge in [0.15, 0.2) is 0 Å². The van der Waals surface area contributed by atoms with Crippen LogP contribution < -0.4 is 0 Å². The normalized spacial score (nSPS) is 11.1. The molecule has 0 bridgehead atoms. The number of hydrogen-bond acceptors (Lipinski definition) is 6. The molecule has 0 amide bonds. The van der Waals surface area contributed by atoms with Gasteiger partial charge in [-0.05, 0) is 86.4 Å². The Labute approximate surface area is 423 Å². The number of hydrogen-bond donors (Lipinski definition) is 3. The largest absolute Gasteiger partial charge is 0.480 e. The highest BCUT2D eigenvalue weighted by atomic mass is 19.1. The van der Waals surface area contributed by atoms with E-state index < -0.39 is 29.5 Å². The molecule has 0 aromatic heterocycles. The SMILES string of the molecule is CN(CC=C(C#Cc1ccc(F)cc1)c1ccccc1)CC(=O)O.CN(CC=C(C#Cc1ccc(F)cc1F)c1ccccc1)CC(=O)O.CN(CC=C(C#Cc1ccccc1F)c1ccccc1)CC(=O)O. The van der Waals surface area contributed by atoms with Gasteiger partial charge in [0.1, 0.15) is 23.3 Å². The Balaban J connectivity index is 0.000000237. The lowest BCUT2D eigenvalue weighted by Crippen LogP contribution is -2.25. The fourth-order valence-electron chi connectivity index (χ4n) is 6.30. The number of halogens is 4. The van der Waals surface area contributed by atoms with Crippen molar-refractivity contribution in [2.24, 2.45) is 0 Å². The highest BCUT2D eigenvalue weighted by Crippen LogP contribution is 2.17. The predicted octanol–water partition coefficient (Wildman–Crippen LogP) is 9.97. The maximum absolute atomic E-state index is 13.7. The molecule has 0 saturated heterocycles. The van der Waals surface area contributed by atoms with Gasteiger partial charge in [-0.25, -0.2) is 17.6 Å². The number of carbonyl (C=O) groups is 3. The molecule has 372 valence electrons. The minimum atomic E-state index is -0.920. The van der Waals surface area contributed by atoms with Gasteiger partial charge in [-0.15, -0.1) is 0 Å². The van der Waals surface area contributed by atoms with Crippen LogP contribution in [0.2, 0.25) is 0 Å². The summed E-state index contributed by atoms with van der Waals surface area (Å²) in [6.45, 7) is 1.08. The Kier molecular flexibility index (Phi) is 23.9. The van der Waals surface area contributed by atoms with E-state index in [9.17, 15) is 31.9 Å². The van der Waals surface area contributed by atoms with E-state index in [1.54, 1.807) is 72.3 Å². The van der Waals surface area contributed by atoms with Gasteiger partial charge < -0.3 is 15.3 Å². The lowest BCUT2D eigenvalue weighted by molar-refractivity contribution is -0.138. The van der Waals surface area contributed by atoms with Gasteiger partial charge in [-0.2, -0.15) is 0 Å². The van der Waals surface area contributed by atoms with Crippen molar-refractivity contribution < 1.29 is 47.3 Å². The lowest BCUT2D eigenvalue weighted by Gasteiger charge is -2.11. The third kappa shape index (κ3) is 22.2. The van der Waals surface area contributed by atoms with E-state index in [1.165, 1.54) is 24.3 Å². The molecule has 6 aromatic carbocycles. The summed E-state index contributed by atoms with van der Waals surface area (Å²) in [5, 5.41) is 26.4. The zero-order chi connectivity index (χ0) is 53.0. The van der Waals surface area contributed by atoms with Crippen LogP contribution in [0.5, 0.6) is 0 Å². The molecule has 0 fully saturated rings. The molecule has 6 rings (SSSR count). The van der Waals surface area contributed by atoms with Crippen molar-refractivity contribution in [2.45, 2.75) is 0 Å².